The van der Waals surface area contributed by atoms with Crippen molar-refractivity contribution in [3.8, 4) is 0 Å². The first kappa shape index (κ1) is 30.2. The van der Waals surface area contributed by atoms with E-state index in [2.05, 4.69) is 47.8 Å². The van der Waals surface area contributed by atoms with E-state index in [0.717, 1.165) is 50.5 Å². The van der Waals surface area contributed by atoms with Gasteiger partial charge in [-0.1, -0.05) is 16.9 Å². The predicted octanol–water partition coefficient (Wildman–Crippen LogP) is -0.769. The number of β-lactam (4-membered cyclic amide) rings is 1. The molecule has 1 unspecified atom stereocenters. The van der Waals surface area contributed by atoms with Gasteiger partial charge in [0.15, 0.2) is 10.8 Å². The second kappa shape index (κ2) is 13.4. The number of carboxylic acid groups (broad SMARTS) is 1. The molecule has 0 radical (unpaired) electrons. The third-order valence-electron chi connectivity index (χ3n) is 7.01. The Labute approximate surface area is 253 Å². The van der Waals surface area contributed by atoms with Gasteiger partial charge < -0.3 is 30.8 Å². The third kappa shape index (κ3) is 6.54. The lowest BCUT2D eigenvalue weighted by Crippen LogP contribution is -2.71. The molecule has 0 aromatic carbocycles. The molecule has 4 N–H and O–H groups in total. The molecule has 2 aromatic heterocycles. The van der Waals surface area contributed by atoms with Crippen molar-refractivity contribution in [3.63, 3.8) is 0 Å². The maximum Gasteiger partial charge on any atom is 0.352 e. The number of anilines is 1. The van der Waals surface area contributed by atoms with E-state index >= 15 is 0 Å². The fourth-order valence-corrected chi connectivity index (χ4v) is 7.74. The van der Waals surface area contributed by atoms with Crippen LogP contribution in [0.4, 0.5) is 5.13 Å². The van der Waals surface area contributed by atoms with E-state index in [9.17, 15) is 19.5 Å². The first-order valence-electron chi connectivity index (χ1n) is 13.1. The van der Waals surface area contributed by atoms with Crippen molar-refractivity contribution in [3.05, 3.63) is 22.3 Å². The smallest absolute Gasteiger partial charge is 0.352 e. The summed E-state index contributed by atoms with van der Waals surface area (Å²) in [4.78, 5) is 53.2. The number of nitrogens with zero attached hydrogens (tertiary/aromatic N) is 9. The summed E-state index contributed by atoms with van der Waals surface area (Å²) in [5.74, 6) is -1.74. The molecule has 0 spiro atoms. The first-order valence-corrected chi connectivity index (χ1v) is 16.0. The Morgan fingerprint density at radius 1 is 1.29 bits per heavy atom. The average molecular weight is 638 g/mol. The number of fused-ring (bicyclic) bond motifs is 1. The van der Waals surface area contributed by atoms with Crippen LogP contribution in [0.1, 0.15) is 12.1 Å². The van der Waals surface area contributed by atoms with Crippen LogP contribution in [0.3, 0.4) is 0 Å². The van der Waals surface area contributed by atoms with E-state index in [4.69, 9.17) is 10.6 Å². The van der Waals surface area contributed by atoms with Gasteiger partial charge in [-0.2, -0.15) is 0 Å². The predicted molar refractivity (Wildman–Crippen MR) is 157 cm³/mol. The molecule has 2 saturated heterocycles. The van der Waals surface area contributed by atoms with E-state index in [0.29, 0.717) is 28.8 Å². The zero-order valence-corrected chi connectivity index (χ0v) is 25.5. The van der Waals surface area contributed by atoms with Crippen LogP contribution in [0.25, 0.3) is 0 Å². The number of thioether (sulfide) groups is 2. The highest BCUT2D eigenvalue weighted by molar-refractivity contribution is 8.01. The van der Waals surface area contributed by atoms with Crippen molar-refractivity contribution in [1.82, 2.24) is 45.2 Å². The molecule has 2 aromatic rings. The number of likely N-dealkylation sites (N-methyl/N-ethyl adjacent to an activating group) is 1. The Morgan fingerprint density at radius 2 is 2.07 bits per heavy atom. The zero-order chi connectivity index (χ0) is 29.8. The highest BCUT2D eigenvalue weighted by Gasteiger charge is 2.54. The molecule has 19 heteroatoms. The Kier molecular flexibility index (Phi) is 9.61. The topological polar surface area (TPSA) is 197 Å². The van der Waals surface area contributed by atoms with Gasteiger partial charge in [0.1, 0.15) is 29.9 Å². The number of aliphatic carboxylic acids is 1. The number of amides is 2. The summed E-state index contributed by atoms with van der Waals surface area (Å²) in [5, 5.41) is 30.2. The van der Waals surface area contributed by atoms with Crippen LogP contribution in [0.15, 0.2) is 27.0 Å². The average Bonchev–Trinajstić information content (AvgIpc) is 3.62. The number of rotatable bonds is 12. The molecule has 0 saturated carbocycles. The van der Waals surface area contributed by atoms with Crippen LogP contribution in [-0.2, 0) is 25.8 Å². The lowest BCUT2D eigenvalue weighted by molar-refractivity contribution is -0.150. The van der Waals surface area contributed by atoms with Gasteiger partial charge in [0.2, 0.25) is 5.16 Å². The Morgan fingerprint density at radius 3 is 2.76 bits per heavy atom. The van der Waals surface area contributed by atoms with Gasteiger partial charge in [-0.15, -0.1) is 28.2 Å². The lowest BCUT2D eigenvalue weighted by atomic mass is 10.0. The molecule has 2 atom stereocenters. The van der Waals surface area contributed by atoms with Crippen molar-refractivity contribution in [2.45, 2.75) is 29.5 Å². The molecular weight excluding hydrogens is 607 g/mol. The maximum absolute atomic E-state index is 13.1. The quantitative estimate of drug-likeness (QED) is 0.113. The van der Waals surface area contributed by atoms with Gasteiger partial charge in [-0.05, 0) is 29.5 Å². The molecule has 42 heavy (non-hydrogen) atoms. The number of thiazole rings is 1. The molecule has 0 bridgehead atoms. The normalized spacial score (nSPS) is 21.7. The zero-order valence-electron chi connectivity index (χ0n) is 23.0. The van der Waals surface area contributed by atoms with Gasteiger partial charge in [-0.25, -0.2) is 14.5 Å². The Balaban J connectivity index is 1.20. The monoisotopic (exact) mass is 637 g/mol. The molecule has 226 valence electrons. The van der Waals surface area contributed by atoms with Gasteiger partial charge in [-0.3, -0.25) is 14.5 Å². The van der Waals surface area contributed by atoms with Crippen LogP contribution in [0, 0.1) is 0 Å². The fourth-order valence-electron chi connectivity index (χ4n) is 4.80. The number of carbonyl (C=O) groups is 3. The number of oxime groups is 1. The minimum absolute atomic E-state index is 0.0751. The summed E-state index contributed by atoms with van der Waals surface area (Å²) >= 11 is 3.84. The summed E-state index contributed by atoms with van der Waals surface area (Å²) in [7, 11) is 3.41. The largest absolute Gasteiger partial charge is 0.477 e. The lowest BCUT2D eigenvalue weighted by Gasteiger charge is -2.49. The molecule has 3 aliphatic heterocycles. The summed E-state index contributed by atoms with van der Waals surface area (Å²) < 4.78 is 1.73. The first-order chi connectivity index (χ1) is 20.3. The van der Waals surface area contributed by atoms with Gasteiger partial charge >= 0.3 is 5.97 Å². The highest BCUT2D eigenvalue weighted by atomic mass is 32.2. The van der Waals surface area contributed by atoms with E-state index in [-0.39, 0.29) is 22.2 Å². The van der Waals surface area contributed by atoms with E-state index in [1.165, 1.54) is 35.5 Å². The number of carbonyl (C=O) groups excluding carboxylic acids is 2. The van der Waals surface area contributed by atoms with E-state index in [1.54, 1.807) is 10.1 Å². The number of tetrazole rings is 1. The number of carboxylic acids is 1. The summed E-state index contributed by atoms with van der Waals surface area (Å²) in [6.07, 6.45) is 0.894. The van der Waals surface area contributed by atoms with Crippen LogP contribution in [-0.4, -0.2) is 138 Å². The van der Waals surface area contributed by atoms with Crippen molar-refractivity contribution < 1.29 is 24.3 Å². The van der Waals surface area contributed by atoms with Crippen molar-refractivity contribution in [1.29, 1.82) is 0 Å². The molecule has 2 amide bonds. The van der Waals surface area contributed by atoms with Crippen LogP contribution in [0.2, 0.25) is 0 Å². The number of nitrogens with two attached hydrogens (primary N) is 1. The van der Waals surface area contributed by atoms with Crippen LogP contribution >= 0.6 is 34.9 Å². The van der Waals surface area contributed by atoms with Crippen LogP contribution < -0.4 is 11.1 Å². The molecule has 16 nitrogen and oxygen atoms in total. The second-order valence-electron chi connectivity index (χ2n) is 9.78. The number of nitrogens with one attached hydrogen (secondary N) is 1. The number of piperazine rings is 1. The molecular formula is C23H31N11O5S3. The highest BCUT2D eigenvalue weighted by Crippen LogP contribution is 2.41. The summed E-state index contributed by atoms with van der Waals surface area (Å²) in [6, 6.07) is -0.934. The summed E-state index contributed by atoms with van der Waals surface area (Å²) in [5.41, 5.74) is 6.26. The van der Waals surface area contributed by atoms with Gasteiger partial charge in [0.05, 0.1) is 0 Å². The Bertz CT molecular complexity index is 1390. The molecule has 3 aliphatic rings. The minimum Gasteiger partial charge on any atom is -0.477 e. The molecule has 5 rings (SSSR count). The van der Waals surface area contributed by atoms with E-state index < -0.39 is 29.2 Å². The third-order valence-corrected chi connectivity index (χ3v) is 10.1. The number of hydrogen-bond donors (Lipinski definition) is 3. The molecule has 2 fully saturated rings. The van der Waals surface area contributed by atoms with Gasteiger partial charge in [0, 0.05) is 56.2 Å². The Hall–Kier alpha value is -3.26. The minimum atomic E-state index is -1.21. The molecule has 5 heterocycles. The second-order valence-corrected chi connectivity index (χ2v) is 12.7. The number of nitrogen functional groups attached to an aromatic ring is 1. The number of aromatic nitrogens is 5. The fraction of sp³-hybridized carbons (Fsp3) is 0.565. The van der Waals surface area contributed by atoms with Crippen molar-refractivity contribution in [2.24, 2.45) is 5.16 Å². The standard InChI is InChI=1S/C23H31N11O5S3/c1-31-6-8-32(9-7-31)4-3-5-33-23(27-29-30-33)42-11-13-10-40-20-16(19(36)34(20)17(13)21(37)38)26-18(35)15(28-39-2)14-12-41-22(24)25-14/h12,16,20H,3-11H2,1-2H3,(H2,24,25)(H,26,35)(H,37,38)/t16?,20-/m1/s1. The van der Waals surface area contributed by atoms with Crippen molar-refractivity contribution >= 4 is 63.5 Å². The summed E-state index contributed by atoms with van der Waals surface area (Å²) in [6.45, 7) is 5.81. The van der Waals surface area contributed by atoms with E-state index in [1.807, 2.05) is 0 Å². The number of hydrogen-bond acceptors (Lipinski definition) is 15. The van der Waals surface area contributed by atoms with Crippen molar-refractivity contribution in [2.75, 3.05) is 64.1 Å². The van der Waals surface area contributed by atoms with Gasteiger partial charge in [0.25, 0.3) is 11.8 Å². The number of aryl methyl sites for hydroxylation is 1. The van der Waals surface area contributed by atoms with Crippen LogP contribution in [0.5, 0.6) is 0 Å². The molecule has 0 aliphatic carbocycles. The maximum atomic E-state index is 13.1. The SMILES string of the molecule is CON=C(C(=O)NC1C(=O)N2C(C(=O)O)=C(CSc3nnnn3CCCN3CCN(C)CC3)CS[C@H]12)c1csc(N)n1.